The minimum atomic E-state index is 0.173. The molecule has 0 aliphatic carbocycles. The molecule has 1 aromatic rings. The second-order valence-electron chi connectivity index (χ2n) is 5.47. The maximum Gasteiger partial charge on any atom is 0.227 e. The van der Waals surface area contributed by atoms with E-state index in [1.165, 1.54) is 0 Å². The van der Waals surface area contributed by atoms with Crippen molar-refractivity contribution in [2.75, 3.05) is 26.2 Å². The summed E-state index contributed by atoms with van der Waals surface area (Å²) in [7, 11) is 0. The van der Waals surface area contributed by atoms with Crippen LogP contribution < -0.4 is 10.1 Å². The number of nitrogens with zero attached hydrogens (tertiary/aromatic N) is 1. The lowest BCUT2D eigenvalue weighted by molar-refractivity contribution is -0.130. The van der Waals surface area contributed by atoms with Gasteiger partial charge >= 0.3 is 0 Å². The molecule has 0 atom stereocenters. The molecule has 110 valence electrons. The van der Waals surface area contributed by atoms with E-state index in [4.69, 9.17) is 4.74 Å². The van der Waals surface area contributed by atoms with E-state index in [1.54, 1.807) is 0 Å². The second-order valence-corrected chi connectivity index (χ2v) is 5.47. The lowest BCUT2D eigenvalue weighted by Crippen LogP contribution is -2.35. The number of ether oxygens (including phenoxy) is 1. The molecule has 0 radical (unpaired) electrons. The Kier molecular flexibility index (Phi) is 5.41. The van der Waals surface area contributed by atoms with Crippen LogP contribution in [0.15, 0.2) is 24.3 Å². The molecule has 2 rings (SSSR count). The predicted octanol–water partition coefficient (Wildman–Crippen LogP) is 1.84. The molecule has 4 nitrogen and oxygen atoms in total. The van der Waals surface area contributed by atoms with Crippen molar-refractivity contribution in [1.82, 2.24) is 10.2 Å². The summed E-state index contributed by atoms with van der Waals surface area (Å²) in [6.07, 6.45) is 1.68. The van der Waals surface area contributed by atoms with Crippen LogP contribution >= 0.6 is 0 Å². The third-order valence-corrected chi connectivity index (χ3v) is 3.34. The first-order chi connectivity index (χ1) is 9.65. The summed E-state index contributed by atoms with van der Waals surface area (Å²) in [5, 5.41) is 3.31. The van der Waals surface area contributed by atoms with Gasteiger partial charge in [-0.05, 0) is 44.5 Å². The molecule has 0 aromatic heterocycles. The van der Waals surface area contributed by atoms with Crippen LogP contribution in [0.5, 0.6) is 5.75 Å². The van der Waals surface area contributed by atoms with E-state index < -0.39 is 0 Å². The summed E-state index contributed by atoms with van der Waals surface area (Å²) in [6, 6.07) is 7.83. The number of carbonyl (C=O) groups excluding carboxylic acids is 1. The Bertz CT molecular complexity index is 421. The number of hydrogen-bond donors (Lipinski definition) is 1. The van der Waals surface area contributed by atoms with E-state index >= 15 is 0 Å². The Morgan fingerprint density at radius 3 is 2.70 bits per heavy atom. The number of nitrogens with one attached hydrogen (secondary N) is 1. The van der Waals surface area contributed by atoms with Crippen molar-refractivity contribution in [2.45, 2.75) is 32.8 Å². The minimum Gasteiger partial charge on any atom is -0.491 e. The molecule has 1 aliphatic rings. The summed E-state index contributed by atoms with van der Waals surface area (Å²) in [4.78, 5) is 14.2. The molecule has 1 aromatic carbocycles. The van der Waals surface area contributed by atoms with Crippen LogP contribution in [-0.2, 0) is 11.2 Å². The van der Waals surface area contributed by atoms with Gasteiger partial charge in [-0.15, -0.1) is 0 Å². The standard InChI is InChI=1S/C16H24N2O2/c1-13(2)20-15-6-4-14(5-7-15)12-16(19)18-10-3-8-17-9-11-18/h4-7,13,17H,3,8-12H2,1-2H3. The van der Waals surface area contributed by atoms with Gasteiger partial charge in [-0.3, -0.25) is 4.79 Å². The van der Waals surface area contributed by atoms with Gasteiger partial charge in [-0.25, -0.2) is 0 Å². The average molecular weight is 276 g/mol. The third kappa shape index (κ3) is 4.53. The zero-order chi connectivity index (χ0) is 14.4. The van der Waals surface area contributed by atoms with Gasteiger partial charge in [-0.1, -0.05) is 12.1 Å². The van der Waals surface area contributed by atoms with E-state index in [-0.39, 0.29) is 12.0 Å². The first kappa shape index (κ1) is 14.9. The van der Waals surface area contributed by atoms with E-state index in [1.807, 2.05) is 43.0 Å². The Hall–Kier alpha value is -1.55. The van der Waals surface area contributed by atoms with E-state index in [0.29, 0.717) is 6.42 Å². The van der Waals surface area contributed by atoms with E-state index in [0.717, 1.165) is 43.9 Å². The summed E-state index contributed by atoms with van der Waals surface area (Å²) >= 11 is 0. The van der Waals surface area contributed by atoms with Gasteiger partial charge in [0.1, 0.15) is 5.75 Å². The molecule has 0 bridgehead atoms. The molecule has 0 spiro atoms. The lowest BCUT2D eigenvalue weighted by atomic mass is 10.1. The molecule has 1 fully saturated rings. The molecule has 1 saturated heterocycles. The molecule has 0 unspecified atom stereocenters. The number of hydrogen-bond acceptors (Lipinski definition) is 3. The van der Waals surface area contributed by atoms with Gasteiger partial charge in [0.15, 0.2) is 0 Å². The van der Waals surface area contributed by atoms with Crippen molar-refractivity contribution in [1.29, 1.82) is 0 Å². The predicted molar refractivity (Wildman–Crippen MR) is 80.0 cm³/mol. The third-order valence-electron chi connectivity index (χ3n) is 3.34. The number of amides is 1. The maximum atomic E-state index is 12.2. The van der Waals surface area contributed by atoms with Crippen molar-refractivity contribution >= 4 is 5.91 Å². The van der Waals surface area contributed by atoms with Gasteiger partial charge < -0.3 is 15.0 Å². The fourth-order valence-corrected chi connectivity index (χ4v) is 2.34. The largest absolute Gasteiger partial charge is 0.491 e. The van der Waals surface area contributed by atoms with Crippen LogP contribution in [0.25, 0.3) is 0 Å². The van der Waals surface area contributed by atoms with Crippen LogP contribution in [0.4, 0.5) is 0 Å². The van der Waals surface area contributed by atoms with Gasteiger partial charge in [0.25, 0.3) is 0 Å². The number of carbonyl (C=O) groups is 1. The highest BCUT2D eigenvalue weighted by atomic mass is 16.5. The van der Waals surface area contributed by atoms with E-state index in [9.17, 15) is 4.79 Å². The van der Waals surface area contributed by atoms with E-state index in [2.05, 4.69) is 5.32 Å². The monoisotopic (exact) mass is 276 g/mol. The lowest BCUT2D eigenvalue weighted by Gasteiger charge is -2.20. The normalized spacial score (nSPS) is 16.1. The quantitative estimate of drug-likeness (QED) is 0.912. The molecule has 1 heterocycles. The first-order valence-electron chi connectivity index (χ1n) is 7.39. The smallest absolute Gasteiger partial charge is 0.227 e. The van der Waals surface area contributed by atoms with Crippen molar-refractivity contribution in [3.8, 4) is 5.75 Å². The van der Waals surface area contributed by atoms with Crippen LogP contribution in [0, 0.1) is 0 Å². The van der Waals surface area contributed by atoms with Crippen LogP contribution in [0.2, 0.25) is 0 Å². The summed E-state index contributed by atoms with van der Waals surface area (Å²) in [5.41, 5.74) is 1.04. The first-order valence-corrected chi connectivity index (χ1v) is 7.39. The van der Waals surface area contributed by atoms with Gasteiger partial charge in [0.05, 0.1) is 12.5 Å². The van der Waals surface area contributed by atoms with Gasteiger partial charge in [0, 0.05) is 19.6 Å². The molecule has 0 saturated carbocycles. The minimum absolute atomic E-state index is 0.173. The number of benzene rings is 1. The fourth-order valence-electron chi connectivity index (χ4n) is 2.34. The summed E-state index contributed by atoms with van der Waals surface area (Å²) < 4.78 is 5.60. The Labute approximate surface area is 121 Å². The SMILES string of the molecule is CC(C)Oc1ccc(CC(=O)N2CCCNCC2)cc1. The zero-order valence-corrected chi connectivity index (χ0v) is 12.4. The molecular formula is C16H24N2O2. The van der Waals surface area contributed by atoms with Crippen molar-refractivity contribution in [2.24, 2.45) is 0 Å². The molecule has 20 heavy (non-hydrogen) atoms. The molecule has 1 amide bonds. The molecule has 1 aliphatic heterocycles. The fraction of sp³-hybridized carbons (Fsp3) is 0.562. The highest BCUT2D eigenvalue weighted by Gasteiger charge is 2.15. The Morgan fingerprint density at radius 1 is 1.25 bits per heavy atom. The van der Waals surface area contributed by atoms with Crippen LogP contribution in [-0.4, -0.2) is 43.1 Å². The highest BCUT2D eigenvalue weighted by Crippen LogP contribution is 2.15. The highest BCUT2D eigenvalue weighted by molar-refractivity contribution is 5.78. The summed E-state index contributed by atoms with van der Waals surface area (Å²) in [6.45, 7) is 7.58. The maximum absolute atomic E-state index is 12.2. The van der Waals surface area contributed by atoms with Gasteiger partial charge in [-0.2, -0.15) is 0 Å². The zero-order valence-electron chi connectivity index (χ0n) is 12.4. The summed E-state index contributed by atoms with van der Waals surface area (Å²) in [5.74, 6) is 1.07. The number of rotatable bonds is 4. The molecule has 4 heteroatoms. The van der Waals surface area contributed by atoms with Crippen molar-refractivity contribution < 1.29 is 9.53 Å². The Morgan fingerprint density at radius 2 is 2.00 bits per heavy atom. The van der Waals surface area contributed by atoms with Gasteiger partial charge in [0.2, 0.25) is 5.91 Å². The average Bonchev–Trinajstić information content (AvgIpc) is 2.69. The van der Waals surface area contributed by atoms with Crippen molar-refractivity contribution in [3.05, 3.63) is 29.8 Å². The van der Waals surface area contributed by atoms with Crippen LogP contribution in [0.3, 0.4) is 0 Å². The second kappa shape index (κ2) is 7.29. The Balaban J connectivity index is 1.90. The molecule has 1 N–H and O–H groups in total. The topological polar surface area (TPSA) is 41.6 Å². The van der Waals surface area contributed by atoms with Crippen molar-refractivity contribution in [3.63, 3.8) is 0 Å². The van der Waals surface area contributed by atoms with Crippen LogP contribution in [0.1, 0.15) is 25.8 Å². The molecular weight excluding hydrogens is 252 g/mol.